The fourth-order valence-electron chi connectivity index (χ4n) is 1.11. The number of rotatable bonds is 3. The van der Waals surface area contributed by atoms with Gasteiger partial charge in [-0.15, -0.1) is 6.42 Å². The van der Waals surface area contributed by atoms with Gasteiger partial charge in [0.15, 0.2) is 0 Å². The molecule has 0 aromatic heterocycles. The number of hydrogen-bond donors (Lipinski definition) is 2. The van der Waals surface area contributed by atoms with Crippen LogP contribution in [0.2, 0.25) is 0 Å². The molecule has 0 atom stereocenters. The van der Waals surface area contributed by atoms with Crippen LogP contribution in [0.4, 0.5) is 0 Å². The number of aliphatic hydroxyl groups is 1. The minimum absolute atomic E-state index is 0.153. The van der Waals surface area contributed by atoms with Gasteiger partial charge >= 0.3 is 0 Å². The van der Waals surface area contributed by atoms with Crippen molar-refractivity contribution in [2.45, 2.75) is 6.61 Å². The molecule has 0 spiro atoms. The van der Waals surface area contributed by atoms with Gasteiger partial charge in [-0.25, -0.2) is 0 Å². The van der Waals surface area contributed by atoms with Gasteiger partial charge in [0.25, 0.3) is 5.91 Å². The van der Waals surface area contributed by atoms with Gasteiger partial charge in [-0.2, -0.15) is 0 Å². The Kier molecular flexibility index (Phi) is 3.71. The average molecular weight is 189 g/mol. The third kappa shape index (κ3) is 2.35. The number of hydrogen-bond acceptors (Lipinski definition) is 2. The normalized spacial score (nSPS) is 9.14. The Labute approximate surface area is 82.8 Å². The smallest absolute Gasteiger partial charge is 0.252 e. The molecule has 0 bridgehead atoms. The summed E-state index contributed by atoms with van der Waals surface area (Å²) in [6.45, 7) is 0.0399. The molecule has 0 aliphatic carbocycles. The van der Waals surface area contributed by atoms with E-state index in [1.807, 2.05) is 0 Å². The molecular formula is C11H11NO2. The second kappa shape index (κ2) is 5.05. The fraction of sp³-hybridized carbons (Fsp3) is 0.182. The highest BCUT2D eigenvalue weighted by Crippen LogP contribution is 2.07. The van der Waals surface area contributed by atoms with Crippen molar-refractivity contribution in [1.82, 2.24) is 5.32 Å². The molecule has 0 saturated carbocycles. The molecule has 1 rings (SSSR count). The van der Waals surface area contributed by atoms with Gasteiger partial charge in [-0.1, -0.05) is 24.1 Å². The maximum atomic E-state index is 11.5. The van der Waals surface area contributed by atoms with Gasteiger partial charge in [-0.05, 0) is 11.6 Å². The van der Waals surface area contributed by atoms with Crippen LogP contribution in [0.3, 0.4) is 0 Å². The molecule has 1 aromatic rings. The lowest BCUT2D eigenvalue weighted by molar-refractivity contribution is 0.0955. The molecule has 3 nitrogen and oxygen atoms in total. The number of carbonyl (C=O) groups is 1. The van der Waals surface area contributed by atoms with Crippen LogP contribution in [0, 0.1) is 12.3 Å². The van der Waals surface area contributed by atoms with E-state index in [2.05, 4.69) is 11.2 Å². The Bertz CT molecular complexity index is 366. The molecule has 1 amide bonds. The quantitative estimate of drug-likeness (QED) is 0.682. The minimum Gasteiger partial charge on any atom is -0.392 e. The predicted octanol–water partition coefficient (Wildman–Crippen LogP) is 0.542. The molecule has 0 heterocycles. The molecule has 0 aliphatic rings. The SMILES string of the molecule is C#CCNC(=O)c1ccccc1CO. The first-order valence-electron chi connectivity index (χ1n) is 4.20. The summed E-state index contributed by atoms with van der Waals surface area (Å²) in [5.74, 6) is 2.05. The maximum absolute atomic E-state index is 11.5. The maximum Gasteiger partial charge on any atom is 0.252 e. The van der Waals surface area contributed by atoms with Gasteiger partial charge in [0.1, 0.15) is 0 Å². The van der Waals surface area contributed by atoms with E-state index >= 15 is 0 Å². The molecule has 0 aliphatic heterocycles. The van der Waals surface area contributed by atoms with Crippen LogP contribution < -0.4 is 5.32 Å². The van der Waals surface area contributed by atoms with Crippen molar-refractivity contribution in [3.63, 3.8) is 0 Å². The van der Waals surface area contributed by atoms with Gasteiger partial charge < -0.3 is 10.4 Å². The van der Waals surface area contributed by atoms with E-state index in [4.69, 9.17) is 11.5 Å². The summed E-state index contributed by atoms with van der Waals surface area (Å²) in [7, 11) is 0. The number of aliphatic hydroxyl groups excluding tert-OH is 1. The zero-order valence-corrected chi connectivity index (χ0v) is 7.66. The van der Waals surface area contributed by atoms with Crippen LogP contribution in [0.15, 0.2) is 24.3 Å². The highest BCUT2D eigenvalue weighted by molar-refractivity contribution is 5.95. The summed E-state index contributed by atoms with van der Waals surface area (Å²) in [5.41, 5.74) is 1.06. The molecule has 0 saturated heterocycles. The summed E-state index contributed by atoms with van der Waals surface area (Å²) in [4.78, 5) is 11.5. The molecule has 3 heteroatoms. The molecular weight excluding hydrogens is 178 g/mol. The van der Waals surface area contributed by atoms with E-state index in [9.17, 15) is 4.79 Å². The lowest BCUT2D eigenvalue weighted by atomic mass is 10.1. The highest BCUT2D eigenvalue weighted by Gasteiger charge is 2.08. The fourth-order valence-corrected chi connectivity index (χ4v) is 1.11. The number of benzene rings is 1. The van der Waals surface area contributed by atoms with E-state index in [-0.39, 0.29) is 19.1 Å². The van der Waals surface area contributed by atoms with E-state index in [0.29, 0.717) is 11.1 Å². The van der Waals surface area contributed by atoms with Crippen LogP contribution in [-0.2, 0) is 6.61 Å². The monoisotopic (exact) mass is 189 g/mol. The Morgan fingerprint density at radius 3 is 2.86 bits per heavy atom. The van der Waals surface area contributed by atoms with Crippen molar-refractivity contribution < 1.29 is 9.90 Å². The summed E-state index contributed by atoms with van der Waals surface area (Å²) >= 11 is 0. The first kappa shape index (κ1) is 10.3. The first-order chi connectivity index (χ1) is 6.79. The summed E-state index contributed by atoms with van der Waals surface area (Å²) in [6, 6.07) is 6.86. The largest absolute Gasteiger partial charge is 0.392 e. The Hall–Kier alpha value is -1.79. The molecule has 0 unspecified atom stereocenters. The van der Waals surface area contributed by atoms with Crippen LogP contribution in [0.5, 0.6) is 0 Å². The van der Waals surface area contributed by atoms with E-state index in [1.54, 1.807) is 24.3 Å². The van der Waals surface area contributed by atoms with Crippen molar-refractivity contribution in [1.29, 1.82) is 0 Å². The molecule has 2 N–H and O–H groups in total. The number of terminal acetylenes is 1. The Morgan fingerprint density at radius 2 is 2.21 bits per heavy atom. The lowest BCUT2D eigenvalue weighted by Crippen LogP contribution is -2.24. The molecule has 72 valence electrons. The van der Waals surface area contributed by atoms with Crippen LogP contribution >= 0.6 is 0 Å². The third-order valence-electron chi connectivity index (χ3n) is 1.78. The number of nitrogens with one attached hydrogen (secondary N) is 1. The zero-order chi connectivity index (χ0) is 10.4. The third-order valence-corrected chi connectivity index (χ3v) is 1.78. The number of carbonyl (C=O) groups excluding carboxylic acids is 1. The topological polar surface area (TPSA) is 49.3 Å². The molecule has 0 fully saturated rings. The van der Waals surface area contributed by atoms with Crippen molar-refractivity contribution >= 4 is 5.91 Å². The Balaban J connectivity index is 2.84. The van der Waals surface area contributed by atoms with Crippen molar-refractivity contribution in [3.05, 3.63) is 35.4 Å². The molecule has 0 radical (unpaired) electrons. The molecule has 1 aromatic carbocycles. The van der Waals surface area contributed by atoms with E-state index in [1.165, 1.54) is 0 Å². The van der Waals surface area contributed by atoms with E-state index < -0.39 is 0 Å². The lowest BCUT2D eigenvalue weighted by Gasteiger charge is -2.05. The second-order valence-corrected chi connectivity index (χ2v) is 2.70. The first-order valence-corrected chi connectivity index (χ1v) is 4.20. The Morgan fingerprint density at radius 1 is 1.50 bits per heavy atom. The zero-order valence-electron chi connectivity index (χ0n) is 7.66. The highest BCUT2D eigenvalue weighted by atomic mass is 16.3. The summed E-state index contributed by atoms with van der Waals surface area (Å²) in [5, 5.41) is 11.5. The minimum atomic E-state index is -0.257. The van der Waals surface area contributed by atoms with Gasteiger partial charge in [0, 0.05) is 5.56 Å². The number of amides is 1. The average Bonchev–Trinajstić information content (AvgIpc) is 2.25. The van der Waals surface area contributed by atoms with Gasteiger partial charge in [0.2, 0.25) is 0 Å². The molecule has 14 heavy (non-hydrogen) atoms. The van der Waals surface area contributed by atoms with Gasteiger partial charge in [0.05, 0.1) is 13.2 Å². The van der Waals surface area contributed by atoms with E-state index in [0.717, 1.165) is 0 Å². The van der Waals surface area contributed by atoms with Crippen molar-refractivity contribution in [3.8, 4) is 12.3 Å². The van der Waals surface area contributed by atoms with Crippen molar-refractivity contribution in [2.24, 2.45) is 0 Å². The van der Waals surface area contributed by atoms with Crippen LogP contribution in [0.25, 0.3) is 0 Å². The summed E-state index contributed by atoms with van der Waals surface area (Å²) < 4.78 is 0. The second-order valence-electron chi connectivity index (χ2n) is 2.70. The van der Waals surface area contributed by atoms with Crippen molar-refractivity contribution in [2.75, 3.05) is 6.54 Å². The van der Waals surface area contributed by atoms with Crippen LogP contribution in [0.1, 0.15) is 15.9 Å². The van der Waals surface area contributed by atoms with Crippen LogP contribution in [-0.4, -0.2) is 17.6 Å². The predicted molar refractivity (Wildman–Crippen MR) is 53.5 cm³/mol. The standard InChI is InChI=1S/C11H11NO2/c1-2-7-12-11(14)10-6-4-3-5-9(10)8-13/h1,3-6,13H,7-8H2,(H,12,14). The summed E-state index contributed by atoms with van der Waals surface area (Å²) in [6.07, 6.45) is 5.01. The van der Waals surface area contributed by atoms with Gasteiger partial charge in [-0.3, -0.25) is 4.79 Å².